The van der Waals surface area contributed by atoms with Crippen LogP contribution < -0.4 is 5.32 Å². The van der Waals surface area contributed by atoms with E-state index in [1.807, 2.05) is 36.4 Å². The minimum absolute atomic E-state index is 0.0591. The topological polar surface area (TPSA) is 32.3 Å². The maximum Gasteiger partial charge on any atom is 0.0681 e. The van der Waals surface area contributed by atoms with Crippen LogP contribution in [-0.2, 0) is 13.2 Å². The van der Waals surface area contributed by atoms with Crippen LogP contribution in [0.1, 0.15) is 29.7 Å². The number of benzene rings is 2. The highest BCUT2D eigenvalue weighted by Crippen LogP contribution is 2.22. The number of aliphatic hydroxyl groups is 1. The van der Waals surface area contributed by atoms with Gasteiger partial charge in [-0.1, -0.05) is 53.5 Å². The fraction of sp³-hybridized carbons (Fsp3) is 0.250. The van der Waals surface area contributed by atoms with Gasteiger partial charge in [0.25, 0.3) is 0 Å². The first-order valence-electron chi connectivity index (χ1n) is 6.47. The van der Waals surface area contributed by atoms with Crippen LogP contribution in [0.5, 0.6) is 0 Å². The average Bonchev–Trinajstić information content (AvgIpc) is 2.46. The zero-order chi connectivity index (χ0) is 14.5. The van der Waals surface area contributed by atoms with Gasteiger partial charge in [-0.15, -0.1) is 0 Å². The number of aliphatic hydroxyl groups excluding tert-OH is 1. The lowest BCUT2D eigenvalue weighted by Crippen LogP contribution is -2.18. The van der Waals surface area contributed by atoms with Gasteiger partial charge in [-0.2, -0.15) is 0 Å². The molecule has 1 atom stereocenters. The Morgan fingerprint density at radius 2 is 1.95 bits per heavy atom. The molecule has 1 unspecified atom stereocenters. The molecule has 0 aromatic heterocycles. The molecule has 2 N–H and O–H groups in total. The number of rotatable bonds is 5. The smallest absolute Gasteiger partial charge is 0.0681 e. The summed E-state index contributed by atoms with van der Waals surface area (Å²) in [5.41, 5.74) is 3.07. The summed E-state index contributed by atoms with van der Waals surface area (Å²) >= 11 is 12.0. The Labute approximate surface area is 129 Å². The Kier molecular flexibility index (Phi) is 5.44. The molecule has 2 nitrogen and oxygen atoms in total. The fourth-order valence-electron chi connectivity index (χ4n) is 2.01. The van der Waals surface area contributed by atoms with E-state index in [0.717, 1.165) is 16.7 Å². The van der Waals surface area contributed by atoms with Gasteiger partial charge in [-0.25, -0.2) is 0 Å². The van der Waals surface area contributed by atoms with Gasteiger partial charge in [-0.3, -0.25) is 0 Å². The maximum absolute atomic E-state index is 9.16. The Morgan fingerprint density at radius 1 is 1.15 bits per heavy atom. The fourth-order valence-corrected chi connectivity index (χ4v) is 2.48. The van der Waals surface area contributed by atoms with E-state index in [2.05, 4.69) is 12.2 Å². The van der Waals surface area contributed by atoms with Gasteiger partial charge in [0.1, 0.15) is 0 Å². The summed E-state index contributed by atoms with van der Waals surface area (Å²) < 4.78 is 0. The molecule has 0 aliphatic carbocycles. The molecule has 0 heterocycles. The maximum atomic E-state index is 9.16. The van der Waals surface area contributed by atoms with Crippen LogP contribution in [0.15, 0.2) is 42.5 Å². The second-order valence-electron chi connectivity index (χ2n) is 4.74. The minimum Gasteiger partial charge on any atom is -0.392 e. The quantitative estimate of drug-likeness (QED) is 0.861. The van der Waals surface area contributed by atoms with Gasteiger partial charge in [-0.05, 0) is 35.7 Å². The second kappa shape index (κ2) is 7.09. The summed E-state index contributed by atoms with van der Waals surface area (Å²) in [6, 6.07) is 13.6. The van der Waals surface area contributed by atoms with E-state index in [4.69, 9.17) is 28.3 Å². The first kappa shape index (κ1) is 15.3. The van der Waals surface area contributed by atoms with E-state index in [9.17, 15) is 0 Å². The van der Waals surface area contributed by atoms with E-state index in [-0.39, 0.29) is 12.6 Å². The molecule has 0 saturated heterocycles. The van der Waals surface area contributed by atoms with Gasteiger partial charge in [0.2, 0.25) is 0 Å². The molecule has 4 heteroatoms. The molecule has 106 valence electrons. The molecule has 0 fully saturated rings. The first-order valence-corrected chi connectivity index (χ1v) is 7.22. The minimum atomic E-state index is 0.0591. The summed E-state index contributed by atoms with van der Waals surface area (Å²) in [7, 11) is 0. The van der Waals surface area contributed by atoms with E-state index in [1.165, 1.54) is 0 Å². The number of hydrogen-bond donors (Lipinski definition) is 2. The monoisotopic (exact) mass is 309 g/mol. The molecule has 0 aliphatic rings. The highest BCUT2D eigenvalue weighted by Gasteiger charge is 2.07. The van der Waals surface area contributed by atoms with Crippen molar-refractivity contribution >= 4 is 23.2 Å². The SMILES string of the molecule is CC(NCc1ccc(Cl)cc1Cl)c1cccc(CO)c1. The zero-order valence-electron chi connectivity index (χ0n) is 11.2. The summed E-state index contributed by atoms with van der Waals surface area (Å²) in [5.74, 6) is 0. The predicted molar refractivity (Wildman–Crippen MR) is 84.1 cm³/mol. The molecule has 0 aliphatic heterocycles. The highest BCUT2D eigenvalue weighted by molar-refractivity contribution is 6.35. The van der Waals surface area contributed by atoms with Crippen molar-refractivity contribution in [1.82, 2.24) is 5.32 Å². The van der Waals surface area contributed by atoms with E-state index in [0.29, 0.717) is 16.6 Å². The van der Waals surface area contributed by atoms with Gasteiger partial charge in [0, 0.05) is 22.6 Å². The van der Waals surface area contributed by atoms with Gasteiger partial charge in [0.05, 0.1) is 6.61 Å². The Hall–Kier alpha value is -1.06. The van der Waals surface area contributed by atoms with Crippen molar-refractivity contribution in [2.75, 3.05) is 0 Å². The highest BCUT2D eigenvalue weighted by atomic mass is 35.5. The summed E-state index contributed by atoms with van der Waals surface area (Å²) in [4.78, 5) is 0. The third-order valence-corrected chi connectivity index (χ3v) is 3.83. The molecule has 0 amide bonds. The van der Waals surface area contributed by atoms with Gasteiger partial charge in [0.15, 0.2) is 0 Å². The van der Waals surface area contributed by atoms with E-state index in [1.54, 1.807) is 6.07 Å². The van der Waals surface area contributed by atoms with Crippen molar-refractivity contribution in [3.8, 4) is 0 Å². The molecule has 20 heavy (non-hydrogen) atoms. The molecule has 0 bridgehead atoms. The van der Waals surface area contributed by atoms with Crippen LogP contribution in [0.3, 0.4) is 0 Å². The van der Waals surface area contributed by atoms with Crippen LogP contribution >= 0.6 is 23.2 Å². The van der Waals surface area contributed by atoms with Crippen molar-refractivity contribution in [3.63, 3.8) is 0 Å². The van der Waals surface area contributed by atoms with Crippen molar-refractivity contribution in [2.45, 2.75) is 26.1 Å². The number of halogens is 2. The van der Waals surface area contributed by atoms with Crippen molar-refractivity contribution in [2.24, 2.45) is 0 Å². The Bertz CT molecular complexity index is 586. The second-order valence-corrected chi connectivity index (χ2v) is 5.59. The molecular weight excluding hydrogens is 293 g/mol. The normalized spacial score (nSPS) is 12.4. The van der Waals surface area contributed by atoms with E-state index >= 15 is 0 Å². The van der Waals surface area contributed by atoms with Crippen LogP contribution in [0, 0.1) is 0 Å². The lowest BCUT2D eigenvalue weighted by molar-refractivity contribution is 0.281. The molecule has 0 saturated carbocycles. The largest absolute Gasteiger partial charge is 0.392 e. The Balaban J connectivity index is 2.02. The average molecular weight is 310 g/mol. The van der Waals surface area contributed by atoms with Crippen LogP contribution in [0.4, 0.5) is 0 Å². The van der Waals surface area contributed by atoms with Crippen molar-refractivity contribution in [1.29, 1.82) is 0 Å². The van der Waals surface area contributed by atoms with Crippen molar-refractivity contribution < 1.29 is 5.11 Å². The lowest BCUT2D eigenvalue weighted by Gasteiger charge is -2.16. The standard InChI is InChI=1S/C16H17Cl2NO/c1-11(13-4-2-3-12(7-13)10-20)19-9-14-5-6-15(17)8-16(14)18/h2-8,11,19-20H,9-10H2,1H3. The van der Waals surface area contributed by atoms with Gasteiger partial charge >= 0.3 is 0 Å². The predicted octanol–water partition coefficient (Wildman–Crippen LogP) is 4.34. The molecule has 0 spiro atoms. The number of hydrogen-bond acceptors (Lipinski definition) is 2. The third kappa shape index (κ3) is 3.97. The summed E-state index contributed by atoms with van der Waals surface area (Å²) in [5, 5.41) is 13.9. The van der Waals surface area contributed by atoms with Gasteiger partial charge < -0.3 is 10.4 Å². The van der Waals surface area contributed by atoms with Crippen LogP contribution in [-0.4, -0.2) is 5.11 Å². The zero-order valence-corrected chi connectivity index (χ0v) is 12.7. The van der Waals surface area contributed by atoms with Crippen LogP contribution in [0.25, 0.3) is 0 Å². The molecular formula is C16H17Cl2NO. The lowest BCUT2D eigenvalue weighted by atomic mass is 10.1. The molecule has 2 rings (SSSR count). The van der Waals surface area contributed by atoms with E-state index < -0.39 is 0 Å². The Morgan fingerprint density at radius 3 is 2.65 bits per heavy atom. The molecule has 2 aromatic rings. The number of nitrogens with one attached hydrogen (secondary N) is 1. The molecule has 2 aromatic carbocycles. The summed E-state index contributed by atoms with van der Waals surface area (Å²) in [6.07, 6.45) is 0. The molecule has 0 radical (unpaired) electrons. The third-order valence-electron chi connectivity index (χ3n) is 3.25. The first-order chi connectivity index (χ1) is 9.60. The van der Waals surface area contributed by atoms with Crippen LogP contribution in [0.2, 0.25) is 10.0 Å². The summed E-state index contributed by atoms with van der Waals surface area (Å²) in [6.45, 7) is 2.81. The van der Waals surface area contributed by atoms with Crippen molar-refractivity contribution in [3.05, 3.63) is 69.2 Å².